The number of rotatable bonds is 7. The minimum absolute atomic E-state index is 0.0344. The maximum Gasteiger partial charge on any atom is 0.435 e. The number of aromatic nitrogens is 2. The van der Waals surface area contributed by atoms with Gasteiger partial charge in [0, 0.05) is 18.7 Å². The molecule has 3 rings (SSSR count). The van der Waals surface area contributed by atoms with Gasteiger partial charge in [-0.05, 0) is 44.2 Å². The Morgan fingerprint density at radius 2 is 1.68 bits per heavy atom. The van der Waals surface area contributed by atoms with Crippen molar-refractivity contribution < 1.29 is 26.0 Å². The fraction of sp³-hybridized carbons (Fsp3) is 0.250. The van der Waals surface area contributed by atoms with Crippen LogP contribution in [0.1, 0.15) is 19.5 Å². The molecule has 11 heteroatoms. The van der Waals surface area contributed by atoms with Gasteiger partial charge in [0.1, 0.15) is 5.82 Å². The molecule has 1 N–H and O–H groups in total. The number of anilines is 1. The van der Waals surface area contributed by atoms with Crippen molar-refractivity contribution in [2.24, 2.45) is 0 Å². The van der Waals surface area contributed by atoms with E-state index in [2.05, 4.69) is 5.10 Å². The molecule has 0 aliphatic heterocycles. The maximum atomic E-state index is 14.7. The molecule has 31 heavy (non-hydrogen) atoms. The SMILES string of the molecule is CCN(CC)c1ccc(-c2cc(C(F)(F)F)nn2NS(=O)(=O)c2ccccc2)cc1F. The lowest BCUT2D eigenvalue weighted by atomic mass is 10.1. The van der Waals surface area contributed by atoms with Crippen LogP contribution in [0.3, 0.4) is 0 Å². The van der Waals surface area contributed by atoms with Crippen LogP contribution in [-0.2, 0) is 16.2 Å². The van der Waals surface area contributed by atoms with Gasteiger partial charge in [-0.1, -0.05) is 24.3 Å². The van der Waals surface area contributed by atoms with E-state index in [4.69, 9.17) is 0 Å². The van der Waals surface area contributed by atoms with Gasteiger partial charge in [-0.3, -0.25) is 0 Å². The third-order valence-corrected chi connectivity index (χ3v) is 5.91. The van der Waals surface area contributed by atoms with E-state index in [9.17, 15) is 26.0 Å². The summed E-state index contributed by atoms with van der Waals surface area (Å²) in [6.45, 7) is 4.78. The van der Waals surface area contributed by atoms with Crippen LogP contribution in [-0.4, -0.2) is 31.4 Å². The summed E-state index contributed by atoms with van der Waals surface area (Å²) in [6.07, 6.45) is -4.82. The fourth-order valence-corrected chi connectivity index (χ4v) is 4.04. The van der Waals surface area contributed by atoms with Crippen LogP contribution in [0.4, 0.5) is 23.2 Å². The van der Waals surface area contributed by atoms with Crippen molar-refractivity contribution in [1.29, 1.82) is 0 Å². The van der Waals surface area contributed by atoms with Crippen molar-refractivity contribution in [3.8, 4) is 11.3 Å². The molecule has 6 nitrogen and oxygen atoms in total. The van der Waals surface area contributed by atoms with E-state index in [1.807, 2.05) is 18.7 Å². The number of nitrogens with zero attached hydrogens (tertiary/aromatic N) is 3. The average Bonchev–Trinajstić information content (AvgIpc) is 3.14. The molecule has 3 aromatic rings. The van der Waals surface area contributed by atoms with Crippen LogP contribution in [0.15, 0.2) is 59.5 Å². The lowest BCUT2D eigenvalue weighted by Gasteiger charge is -2.22. The highest BCUT2D eigenvalue weighted by molar-refractivity contribution is 7.92. The summed E-state index contributed by atoms with van der Waals surface area (Å²) in [5.41, 5.74) is -1.24. The number of alkyl halides is 3. The summed E-state index contributed by atoms with van der Waals surface area (Å²) in [4.78, 5) is 4.10. The standard InChI is InChI=1S/C20H20F4N4O2S/c1-3-27(4-2)17-11-10-14(12-16(17)21)18-13-19(20(22,23)24)25-28(18)26-31(29,30)15-8-6-5-7-9-15/h5-13,26H,3-4H2,1-2H3. The highest BCUT2D eigenvalue weighted by Crippen LogP contribution is 2.33. The number of hydrogen-bond acceptors (Lipinski definition) is 4. The molecule has 2 aromatic carbocycles. The number of benzene rings is 2. The molecule has 0 saturated carbocycles. The summed E-state index contributed by atoms with van der Waals surface area (Å²) in [5.74, 6) is -0.645. The van der Waals surface area contributed by atoms with Gasteiger partial charge >= 0.3 is 6.18 Å². The van der Waals surface area contributed by atoms with Crippen LogP contribution >= 0.6 is 0 Å². The summed E-state index contributed by atoms with van der Waals surface area (Å²) < 4.78 is 79.7. The van der Waals surface area contributed by atoms with Gasteiger partial charge in [0.15, 0.2) is 5.69 Å². The molecule has 1 heterocycles. The molecule has 0 saturated heterocycles. The van der Waals surface area contributed by atoms with Crippen LogP contribution in [0.2, 0.25) is 0 Å². The van der Waals surface area contributed by atoms with E-state index in [1.54, 1.807) is 11.0 Å². The van der Waals surface area contributed by atoms with Crippen LogP contribution in [0.5, 0.6) is 0 Å². The van der Waals surface area contributed by atoms with E-state index in [0.717, 1.165) is 6.07 Å². The Hall–Kier alpha value is -3.08. The second-order valence-electron chi connectivity index (χ2n) is 6.57. The summed E-state index contributed by atoms with van der Waals surface area (Å²) in [6, 6.07) is 11.7. The zero-order valence-corrected chi connectivity index (χ0v) is 17.5. The lowest BCUT2D eigenvalue weighted by Crippen LogP contribution is -2.25. The summed E-state index contributed by atoms with van der Waals surface area (Å²) in [7, 11) is -4.23. The Morgan fingerprint density at radius 1 is 1.03 bits per heavy atom. The zero-order valence-electron chi connectivity index (χ0n) is 16.7. The molecular formula is C20H20F4N4O2S. The van der Waals surface area contributed by atoms with E-state index in [-0.39, 0.29) is 16.2 Å². The predicted octanol–water partition coefficient (Wildman–Crippen LogP) is 4.49. The van der Waals surface area contributed by atoms with Gasteiger partial charge in [0.05, 0.1) is 16.3 Å². The molecule has 0 aliphatic carbocycles. The smallest absolute Gasteiger partial charge is 0.370 e. The van der Waals surface area contributed by atoms with Gasteiger partial charge in [-0.25, -0.2) is 4.39 Å². The first kappa shape index (κ1) is 22.6. The minimum Gasteiger partial charge on any atom is -0.370 e. The minimum atomic E-state index is -4.82. The van der Waals surface area contributed by atoms with Gasteiger partial charge in [-0.2, -0.15) is 31.2 Å². The Bertz CT molecular complexity index is 1160. The lowest BCUT2D eigenvalue weighted by molar-refractivity contribution is -0.141. The Labute approximate surface area is 177 Å². The number of nitrogens with one attached hydrogen (secondary N) is 1. The predicted molar refractivity (Wildman–Crippen MR) is 109 cm³/mol. The highest BCUT2D eigenvalue weighted by Gasteiger charge is 2.36. The zero-order chi connectivity index (χ0) is 22.8. The first-order chi connectivity index (χ1) is 14.6. The van der Waals surface area contributed by atoms with Gasteiger partial charge in [0.2, 0.25) is 0 Å². The van der Waals surface area contributed by atoms with E-state index >= 15 is 0 Å². The Morgan fingerprint density at radius 3 is 2.23 bits per heavy atom. The van der Waals surface area contributed by atoms with E-state index < -0.39 is 27.7 Å². The molecule has 0 amide bonds. The van der Waals surface area contributed by atoms with Gasteiger partial charge in [0.25, 0.3) is 10.0 Å². The molecular weight excluding hydrogens is 436 g/mol. The maximum absolute atomic E-state index is 14.7. The first-order valence-corrected chi connectivity index (χ1v) is 10.8. The molecule has 0 radical (unpaired) electrons. The molecule has 0 atom stereocenters. The second-order valence-corrected chi connectivity index (χ2v) is 8.23. The first-order valence-electron chi connectivity index (χ1n) is 9.36. The summed E-state index contributed by atoms with van der Waals surface area (Å²) >= 11 is 0. The summed E-state index contributed by atoms with van der Waals surface area (Å²) in [5, 5.41) is 3.36. The molecule has 0 bridgehead atoms. The van der Waals surface area contributed by atoms with Crippen molar-refractivity contribution in [1.82, 2.24) is 9.89 Å². The average molecular weight is 456 g/mol. The Kier molecular flexibility index (Phi) is 6.25. The molecule has 0 unspecified atom stereocenters. The van der Waals surface area contributed by atoms with Crippen molar-refractivity contribution in [3.05, 3.63) is 66.1 Å². The molecule has 166 valence electrons. The third-order valence-electron chi connectivity index (χ3n) is 4.61. The normalized spacial score (nSPS) is 12.1. The quantitative estimate of drug-likeness (QED) is 0.532. The molecule has 1 aromatic heterocycles. The fourth-order valence-electron chi connectivity index (χ4n) is 3.05. The van der Waals surface area contributed by atoms with E-state index in [1.165, 1.54) is 36.4 Å². The van der Waals surface area contributed by atoms with Crippen LogP contribution < -0.4 is 9.73 Å². The van der Waals surface area contributed by atoms with E-state index in [0.29, 0.717) is 29.6 Å². The molecule has 0 aliphatic rings. The van der Waals surface area contributed by atoms with Crippen molar-refractivity contribution >= 4 is 15.7 Å². The van der Waals surface area contributed by atoms with Crippen LogP contribution in [0, 0.1) is 5.82 Å². The topological polar surface area (TPSA) is 67.2 Å². The number of hydrogen-bond donors (Lipinski definition) is 1. The molecule has 0 spiro atoms. The monoisotopic (exact) mass is 456 g/mol. The van der Waals surface area contributed by atoms with Crippen molar-refractivity contribution in [3.63, 3.8) is 0 Å². The molecule has 0 fully saturated rings. The van der Waals surface area contributed by atoms with Crippen molar-refractivity contribution in [2.45, 2.75) is 24.9 Å². The number of sulfonamides is 1. The number of halogens is 4. The Balaban J connectivity index is 2.08. The van der Waals surface area contributed by atoms with Crippen molar-refractivity contribution in [2.75, 3.05) is 22.8 Å². The third kappa shape index (κ3) is 4.82. The van der Waals surface area contributed by atoms with Gasteiger partial charge in [-0.15, -0.1) is 5.10 Å². The highest BCUT2D eigenvalue weighted by atomic mass is 32.2. The largest absolute Gasteiger partial charge is 0.435 e. The second kappa shape index (κ2) is 8.58. The van der Waals surface area contributed by atoms with Crippen LogP contribution in [0.25, 0.3) is 11.3 Å². The van der Waals surface area contributed by atoms with Gasteiger partial charge < -0.3 is 4.90 Å².